The van der Waals surface area contributed by atoms with Crippen LogP contribution >= 0.6 is 11.3 Å². The number of hydrogen-bond acceptors (Lipinski definition) is 3. The lowest BCUT2D eigenvalue weighted by atomic mass is 10.0. The molecule has 0 atom stereocenters. The van der Waals surface area contributed by atoms with Gasteiger partial charge in [0, 0.05) is 70.0 Å². The van der Waals surface area contributed by atoms with Crippen molar-refractivity contribution in [3.63, 3.8) is 0 Å². The Bertz CT molecular complexity index is 4360. The zero-order chi connectivity index (χ0) is 47.5. The molecular weight excluding hydrogens is 891 g/mol. The minimum atomic E-state index is 1.05. The average Bonchev–Trinajstić information content (AvgIpc) is 3.99. The number of aromatic nitrogens is 1. The SMILES string of the molecule is c1ccc(-c2ccccc2N(c2cccc(N(c3cccc(-c4ccc5c6ccccc6n(-c6cccc7ccccc67)c5c4)c3)c3ccc4sc5ccccc5c4c3)c2)c2cccc3ccccc23)cc1. The Morgan fingerprint density at radius 1 is 0.278 bits per heavy atom. The summed E-state index contributed by atoms with van der Waals surface area (Å²) in [6, 6.07) is 99.9. The Hall–Kier alpha value is -9.22. The first-order valence-electron chi connectivity index (χ1n) is 24.6. The molecule has 14 aromatic rings. The van der Waals surface area contributed by atoms with Crippen molar-refractivity contribution < 1.29 is 0 Å². The molecule has 72 heavy (non-hydrogen) atoms. The van der Waals surface area contributed by atoms with Gasteiger partial charge < -0.3 is 14.4 Å². The second-order valence-electron chi connectivity index (χ2n) is 18.5. The van der Waals surface area contributed by atoms with Crippen LogP contribution in [0.2, 0.25) is 0 Å². The maximum atomic E-state index is 2.45. The van der Waals surface area contributed by atoms with E-state index >= 15 is 0 Å². The van der Waals surface area contributed by atoms with E-state index in [-0.39, 0.29) is 0 Å². The van der Waals surface area contributed by atoms with E-state index in [4.69, 9.17) is 0 Å². The Kier molecular flexibility index (Phi) is 10.0. The van der Waals surface area contributed by atoms with Crippen LogP contribution < -0.4 is 9.80 Å². The molecular formula is C68H45N3S. The lowest BCUT2D eigenvalue weighted by molar-refractivity contribution is 1.20. The summed E-state index contributed by atoms with van der Waals surface area (Å²) in [4.78, 5) is 4.89. The zero-order valence-corrected chi connectivity index (χ0v) is 40.0. The third kappa shape index (κ3) is 7.03. The monoisotopic (exact) mass is 935 g/mol. The molecule has 0 N–H and O–H groups in total. The van der Waals surface area contributed by atoms with Gasteiger partial charge in [-0.05, 0) is 112 Å². The van der Waals surface area contributed by atoms with Crippen molar-refractivity contribution >= 4 is 109 Å². The molecule has 3 nitrogen and oxygen atoms in total. The van der Waals surface area contributed by atoms with Crippen LogP contribution in [-0.4, -0.2) is 4.57 Å². The van der Waals surface area contributed by atoms with E-state index in [1.807, 2.05) is 11.3 Å². The lowest BCUT2D eigenvalue weighted by Gasteiger charge is -2.31. The summed E-state index contributed by atoms with van der Waals surface area (Å²) in [7, 11) is 0. The van der Waals surface area contributed by atoms with Crippen LogP contribution in [0.3, 0.4) is 0 Å². The van der Waals surface area contributed by atoms with Gasteiger partial charge in [0.1, 0.15) is 0 Å². The number of para-hydroxylation sites is 2. The quantitative estimate of drug-likeness (QED) is 0.143. The van der Waals surface area contributed by atoms with Crippen molar-refractivity contribution in [2.24, 2.45) is 0 Å². The Morgan fingerprint density at radius 3 is 1.69 bits per heavy atom. The minimum Gasteiger partial charge on any atom is -0.310 e. The highest BCUT2D eigenvalue weighted by Crippen LogP contribution is 2.47. The molecule has 0 radical (unpaired) electrons. The van der Waals surface area contributed by atoms with Crippen LogP contribution in [0.4, 0.5) is 34.1 Å². The number of benzene rings is 12. The van der Waals surface area contributed by atoms with Gasteiger partial charge in [-0.3, -0.25) is 0 Å². The molecule has 0 amide bonds. The molecule has 14 rings (SSSR count). The second-order valence-corrected chi connectivity index (χ2v) is 19.6. The standard InChI is InChI=1S/C68H45N3S/c1-2-18-46(19-3-1)55-30-8-11-33-62(55)70(63-35-15-22-47-20-4-6-28-56(47)63)53-27-17-26-52(44-53)69(54-39-41-68-61(45-54)60-32-10-13-37-67(60)72-68)51-25-14-24-49(42-51)50-38-40-59-58-31-9-12-34-65(58)71(66(59)43-50)64-36-16-23-48-21-5-7-29-57(48)64/h1-45H. The van der Waals surface area contributed by atoms with E-state index in [9.17, 15) is 0 Å². The molecule has 0 spiro atoms. The summed E-state index contributed by atoms with van der Waals surface area (Å²) in [6.45, 7) is 0. The predicted octanol–water partition coefficient (Wildman–Crippen LogP) is 19.7. The summed E-state index contributed by atoms with van der Waals surface area (Å²) in [5.41, 5.74) is 14.7. The number of anilines is 6. The van der Waals surface area contributed by atoms with Gasteiger partial charge in [-0.1, -0.05) is 188 Å². The van der Waals surface area contributed by atoms with Crippen molar-refractivity contribution in [1.29, 1.82) is 0 Å². The molecule has 0 saturated carbocycles. The largest absolute Gasteiger partial charge is 0.310 e. The van der Waals surface area contributed by atoms with Gasteiger partial charge in [-0.25, -0.2) is 0 Å². The van der Waals surface area contributed by atoms with Gasteiger partial charge in [0.05, 0.1) is 28.1 Å². The van der Waals surface area contributed by atoms with Gasteiger partial charge >= 0.3 is 0 Å². The maximum Gasteiger partial charge on any atom is 0.0547 e. The van der Waals surface area contributed by atoms with Crippen LogP contribution in [-0.2, 0) is 0 Å². The first-order valence-corrected chi connectivity index (χ1v) is 25.4. The van der Waals surface area contributed by atoms with Crippen LogP contribution in [0.15, 0.2) is 273 Å². The van der Waals surface area contributed by atoms with Gasteiger partial charge in [0.25, 0.3) is 0 Å². The van der Waals surface area contributed by atoms with Crippen molar-refractivity contribution in [2.75, 3.05) is 9.80 Å². The fraction of sp³-hybridized carbons (Fsp3) is 0. The molecule has 0 aliphatic rings. The topological polar surface area (TPSA) is 11.4 Å². The van der Waals surface area contributed by atoms with E-state index in [1.54, 1.807) is 0 Å². The van der Waals surface area contributed by atoms with E-state index in [1.165, 1.54) is 74.8 Å². The Labute approximate surface area is 422 Å². The zero-order valence-electron chi connectivity index (χ0n) is 39.2. The average molecular weight is 936 g/mol. The molecule has 2 heterocycles. The molecule has 4 heteroatoms. The van der Waals surface area contributed by atoms with E-state index in [0.717, 1.165) is 50.8 Å². The highest BCUT2D eigenvalue weighted by Gasteiger charge is 2.23. The number of thiophene rings is 1. The Morgan fingerprint density at radius 2 is 0.833 bits per heavy atom. The minimum absolute atomic E-state index is 1.05. The molecule has 0 fully saturated rings. The number of hydrogen-bond donors (Lipinski definition) is 0. The second kappa shape index (κ2) is 17.3. The normalized spacial score (nSPS) is 11.6. The molecule has 12 aromatic carbocycles. The van der Waals surface area contributed by atoms with E-state index in [2.05, 4.69) is 287 Å². The van der Waals surface area contributed by atoms with Crippen LogP contribution in [0.25, 0.3) is 91.5 Å². The first kappa shape index (κ1) is 41.7. The summed E-state index contributed by atoms with van der Waals surface area (Å²) in [5, 5.41) is 9.84. The number of nitrogens with zero attached hydrogens (tertiary/aromatic N) is 3. The first-order chi connectivity index (χ1) is 35.7. The molecule has 0 saturated heterocycles. The van der Waals surface area contributed by atoms with Gasteiger partial charge in [-0.15, -0.1) is 11.3 Å². The van der Waals surface area contributed by atoms with E-state index in [0.29, 0.717) is 0 Å². The molecule has 0 bridgehead atoms. The third-order valence-corrected chi connectivity index (χ3v) is 15.5. The maximum absolute atomic E-state index is 2.45. The summed E-state index contributed by atoms with van der Waals surface area (Å²) in [5.74, 6) is 0. The van der Waals surface area contributed by atoms with Crippen LogP contribution in [0.5, 0.6) is 0 Å². The molecule has 0 aliphatic carbocycles. The molecule has 2 aromatic heterocycles. The van der Waals surface area contributed by atoms with Crippen molar-refractivity contribution in [2.45, 2.75) is 0 Å². The lowest BCUT2D eigenvalue weighted by Crippen LogP contribution is -2.14. The van der Waals surface area contributed by atoms with Crippen molar-refractivity contribution in [3.05, 3.63) is 273 Å². The van der Waals surface area contributed by atoms with Crippen molar-refractivity contribution in [1.82, 2.24) is 4.57 Å². The summed E-state index contributed by atoms with van der Waals surface area (Å²) < 4.78 is 5.02. The molecule has 0 aliphatic heterocycles. The highest BCUT2D eigenvalue weighted by atomic mass is 32.1. The Balaban J connectivity index is 0.970. The fourth-order valence-electron chi connectivity index (χ4n) is 11.1. The van der Waals surface area contributed by atoms with Gasteiger partial charge in [-0.2, -0.15) is 0 Å². The van der Waals surface area contributed by atoms with Crippen LogP contribution in [0.1, 0.15) is 0 Å². The van der Waals surface area contributed by atoms with Crippen molar-refractivity contribution in [3.8, 4) is 27.9 Å². The smallest absolute Gasteiger partial charge is 0.0547 e. The highest BCUT2D eigenvalue weighted by molar-refractivity contribution is 7.25. The molecule has 338 valence electrons. The van der Waals surface area contributed by atoms with E-state index < -0.39 is 0 Å². The predicted molar refractivity (Wildman–Crippen MR) is 309 cm³/mol. The van der Waals surface area contributed by atoms with Gasteiger partial charge in [0.15, 0.2) is 0 Å². The molecule has 0 unspecified atom stereocenters. The number of rotatable bonds is 9. The fourth-order valence-corrected chi connectivity index (χ4v) is 12.1. The van der Waals surface area contributed by atoms with Crippen LogP contribution in [0, 0.1) is 0 Å². The third-order valence-electron chi connectivity index (χ3n) is 14.3. The summed E-state index contributed by atoms with van der Waals surface area (Å²) >= 11 is 1.85. The van der Waals surface area contributed by atoms with Gasteiger partial charge in [0.2, 0.25) is 0 Å². The summed E-state index contributed by atoms with van der Waals surface area (Å²) in [6.07, 6.45) is 0. The number of fused-ring (bicyclic) bond motifs is 8.